The summed E-state index contributed by atoms with van der Waals surface area (Å²) >= 11 is 0. The molecule has 56 valence electrons. The second kappa shape index (κ2) is 10.3. The number of alkyl carbamates (subject to hydrolysis) is 1. The molecule has 0 spiro atoms. The van der Waals surface area contributed by atoms with Crippen LogP contribution >= 0.6 is 0 Å². The Labute approximate surface area is 56.4 Å². The third-order valence-corrected chi connectivity index (χ3v) is 0.480. The summed E-state index contributed by atoms with van der Waals surface area (Å²) in [5.41, 5.74) is 0. The molecule has 0 saturated carbocycles. The van der Waals surface area contributed by atoms with Crippen molar-refractivity contribution in [3.63, 3.8) is 0 Å². The average molecular weight is 133 g/mol. The van der Waals surface area contributed by atoms with Crippen molar-refractivity contribution in [3.05, 3.63) is 0 Å². The van der Waals surface area contributed by atoms with Crippen molar-refractivity contribution < 1.29 is 9.53 Å². The minimum atomic E-state index is -0.373. The maximum Gasteiger partial charge on any atom is 0.406 e. The minimum absolute atomic E-state index is 0.373. The van der Waals surface area contributed by atoms with E-state index in [1.165, 1.54) is 7.05 Å². The van der Waals surface area contributed by atoms with Gasteiger partial charge in [0.15, 0.2) is 0 Å². The van der Waals surface area contributed by atoms with Crippen molar-refractivity contribution >= 4 is 6.09 Å². The van der Waals surface area contributed by atoms with Gasteiger partial charge >= 0.3 is 6.09 Å². The van der Waals surface area contributed by atoms with Crippen LogP contribution in [-0.2, 0) is 4.74 Å². The SMILES string of the molecule is CC.CCOC(=O)NC. The van der Waals surface area contributed by atoms with Crippen LogP contribution in [0.4, 0.5) is 4.79 Å². The molecule has 3 nitrogen and oxygen atoms in total. The van der Waals surface area contributed by atoms with Gasteiger partial charge in [0.05, 0.1) is 6.61 Å². The summed E-state index contributed by atoms with van der Waals surface area (Å²) in [6.45, 7) is 6.19. The van der Waals surface area contributed by atoms with E-state index in [4.69, 9.17) is 0 Å². The van der Waals surface area contributed by atoms with Gasteiger partial charge in [-0.25, -0.2) is 4.79 Å². The fraction of sp³-hybridized carbons (Fsp3) is 0.833. The van der Waals surface area contributed by atoms with Gasteiger partial charge in [0.2, 0.25) is 0 Å². The van der Waals surface area contributed by atoms with E-state index in [1.807, 2.05) is 13.8 Å². The smallest absolute Gasteiger partial charge is 0.406 e. The lowest BCUT2D eigenvalue weighted by atomic mass is 10.9. The number of carbonyl (C=O) groups excluding carboxylic acids is 1. The molecule has 0 radical (unpaired) electrons. The topological polar surface area (TPSA) is 38.3 Å². The van der Waals surface area contributed by atoms with E-state index in [9.17, 15) is 4.79 Å². The highest BCUT2D eigenvalue weighted by Gasteiger charge is 1.89. The Morgan fingerprint density at radius 2 is 2.00 bits per heavy atom. The number of carbonyl (C=O) groups is 1. The summed E-state index contributed by atoms with van der Waals surface area (Å²) < 4.78 is 4.44. The van der Waals surface area contributed by atoms with Gasteiger partial charge in [-0.15, -0.1) is 0 Å². The van der Waals surface area contributed by atoms with Crippen LogP contribution in [-0.4, -0.2) is 19.7 Å². The van der Waals surface area contributed by atoms with Gasteiger partial charge in [-0.3, -0.25) is 0 Å². The van der Waals surface area contributed by atoms with Gasteiger partial charge in [0.25, 0.3) is 0 Å². The first-order valence-electron chi connectivity index (χ1n) is 3.15. The summed E-state index contributed by atoms with van der Waals surface area (Å²) in [5, 5.41) is 2.30. The molecule has 0 heterocycles. The lowest BCUT2D eigenvalue weighted by Crippen LogP contribution is -2.18. The standard InChI is InChI=1S/C4H9NO2.C2H6/c1-3-7-4(6)5-2;1-2/h3H2,1-2H3,(H,5,6);1-2H3. The lowest BCUT2D eigenvalue weighted by Gasteiger charge is -1.95. The first kappa shape index (κ1) is 11.1. The molecule has 0 aromatic rings. The Morgan fingerprint density at radius 3 is 2.11 bits per heavy atom. The monoisotopic (exact) mass is 133 g/mol. The zero-order valence-corrected chi connectivity index (χ0v) is 6.52. The minimum Gasteiger partial charge on any atom is -0.450 e. The lowest BCUT2D eigenvalue weighted by molar-refractivity contribution is 0.154. The molecule has 0 unspecified atom stereocenters. The Hall–Kier alpha value is -0.730. The molecule has 0 atom stereocenters. The van der Waals surface area contributed by atoms with E-state index in [2.05, 4.69) is 10.1 Å². The molecule has 0 aromatic heterocycles. The van der Waals surface area contributed by atoms with Gasteiger partial charge in [-0.1, -0.05) is 13.8 Å². The zero-order valence-electron chi connectivity index (χ0n) is 6.52. The van der Waals surface area contributed by atoms with E-state index in [1.54, 1.807) is 6.92 Å². The van der Waals surface area contributed by atoms with Crippen LogP contribution in [0.2, 0.25) is 0 Å². The molecule has 0 fully saturated rings. The Bertz CT molecular complexity index is 64.1. The molecule has 9 heavy (non-hydrogen) atoms. The van der Waals surface area contributed by atoms with E-state index < -0.39 is 0 Å². The highest BCUT2D eigenvalue weighted by atomic mass is 16.5. The molecule has 1 N–H and O–H groups in total. The summed E-state index contributed by atoms with van der Waals surface area (Å²) in [6.07, 6.45) is -0.373. The van der Waals surface area contributed by atoms with Crippen molar-refractivity contribution in [3.8, 4) is 0 Å². The van der Waals surface area contributed by atoms with Gasteiger partial charge < -0.3 is 10.1 Å². The van der Waals surface area contributed by atoms with Crippen LogP contribution < -0.4 is 5.32 Å². The molecule has 0 aliphatic heterocycles. The predicted octanol–water partition coefficient (Wildman–Crippen LogP) is 1.39. The highest BCUT2D eigenvalue weighted by Crippen LogP contribution is 1.70. The second-order valence-corrected chi connectivity index (χ2v) is 0.970. The van der Waals surface area contributed by atoms with Crippen molar-refractivity contribution in [1.29, 1.82) is 0 Å². The van der Waals surface area contributed by atoms with E-state index in [0.29, 0.717) is 6.61 Å². The first-order chi connectivity index (χ1) is 4.31. The molecule has 0 bridgehead atoms. The van der Waals surface area contributed by atoms with E-state index >= 15 is 0 Å². The number of amides is 1. The van der Waals surface area contributed by atoms with Gasteiger partial charge in [-0.05, 0) is 6.92 Å². The molecule has 0 rings (SSSR count). The number of rotatable bonds is 1. The normalized spacial score (nSPS) is 6.67. The second-order valence-electron chi connectivity index (χ2n) is 0.970. The number of hydrogen-bond acceptors (Lipinski definition) is 2. The van der Waals surface area contributed by atoms with Crippen LogP contribution in [0.1, 0.15) is 20.8 Å². The van der Waals surface area contributed by atoms with Crippen molar-refractivity contribution in [2.75, 3.05) is 13.7 Å². The molecule has 0 aromatic carbocycles. The average Bonchev–Trinajstić information content (AvgIpc) is 1.93. The quantitative estimate of drug-likeness (QED) is 0.587. The Morgan fingerprint density at radius 1 is 1.56 bits per heavy atom. The predicted molar refractivity (Wildman–Crippen MR) is 37.4 cm³/mol. The van der Waals surface area contributed by atoms with Gasteiger partial charge in [-0.2, -0.15) is 0 Å². The zero-order chi connectivity index (χ0) is 7.70. The fourth-order valence-corrected chi connectivity index (χ4v) is 0.203. The molecular formula is C6H15NO2. The van der Waals surface area contributed by atoms with Crippen molar-refractivity contribution in [2.24, 2.45) is 0 Å². The van der Waals surface area contributed by atoms with Crippen LogP contribution in [0.25, 0.3) is 0 Å². The number of nitrogens with one attached hydrogen (secondary N) is 1. The summed E-state index contributed by atoms with van der Waals surface area (Å²) in [4.78, 5) is 10.1. The van der Waals surface area contributed by atoms with Crippen LogP contribution in [0.5, 0.6) is 0 Å². The van der Waals surface area contributed by atoms with Crippen LogP contribution in [0, 0.1) is 0 Å². The summed E-state index contributed by atoms with van der Waals surface area (Å²) in [5.74, 6) is 0. The molecular weight excluding hydrogens is 118 g/mol. The third-order valence-electron chi connectivity index (χ3n) is 0.480. The molecule has 0 aliphatic rings. The number of ether oxygens (including phenoxy) is 1. The van der Waals surface area contributed by atoms with Crippen molar-refractivity contribution in [2.45, 2.75) is 20.8 Å². The molecule has 1 amide bonds. The summed E-state index contributed by atoms with van der Waals surface area (Å²) in [6, 6.07) is 0. The Kier molecular flexibility index (Phi) is 12.7. The van der Waals surface area contributed by atoms with Gasteiger partial charge in [0, 0.05) is 7.05 Å². The highest BCUT2D eigenvalue weighted by molar-refractivity contribution is 5.66. The van der Waals surface area contributed by atoms with Crippen molar-refractivity contribution in [1.82, 2.24) is 5.32 Å². The van der Waals surface area contributed by atoms with E-state index in [-0.39, 0.29) is 6.09 Å². The third kappa shape index (κ3) is 11.1. The largest absolute Gasteiger partial charge is 0.450 e. The Balaban J connectivity index is 0. The maximum atomic E-state index is 10.1. The van der Waals surface area contributed by atoms with E-state index in [0.717, 1.165) is 0 Å². The summed E-state index contributed by atoms with van der Waals surface area (Å²) in [7, 11) is 1.53. The molecule has 0 saturated heterocycles. The first-order valence-corrected chi connectivity index (χ1v) is 3.15. The van der Waals surface area contributed by atoms with Crippen LogP contribution in [0.3, 0.4) is 0 Å². The molecule has 0 aliphatic carbocycles. The number of hydrogen-bond donors (Lipinski definition) is 1. The van der Waals surface area contributed by atoms with Crippen LogP contribution in [0.15, 0.2) is 0 Å². The fourth-order valence-electron chi connectivity index (χ4n) is 0.203. The van der Waals surface area contributed by atoms with Gasteiger partial charge in [0.1, 0.15) is 0 Å². The maximum absolute atomic E-state index is 10.1. The molecule has 3 heteroatoms.